The van der Waals surface area contributed by atoms with Gasteiger partial charge in [0.25, 0.3) is 0 Å². The Hall–Kier alpha value is -2.49. The second-order valence-electron chi connectivity index (χ2n) is 5.94. The first-order valence-corrected chi connectivity index (χ1v) is 9.98. The molecule has 0 aliphatic carbocycles. The minimum Gasteiger partial charge on any atom is -0.490 e. The molecule has 3 rings (SSSR count). The molecule has 1 aliphatic rings. The van der Waals surface area contributed by atoms with E-state index in [0.29, 0.717) is 36.1 Å². The maximum Gasteiger partial charge on any atom is 0.240 e. The minimum atomic E-state index is -3.77. The van der Waals surface area contributed by atoms with Gasteiger partial charge in [-0.15, -0.1) is 12.4 Å². The number of sulfonamides is 1. The first-order valence-electron chi connectivity index (χ1n) is 8.49. The quantitative estimate of drug-likeness (QED) is 0.607. The highest BCUT2D eigenvalue weighted by Crippen LogP contribution is 2.31. The lowest BCUT2D eigenvalue weighted by molar-refractivity contribution is -0.116. The zero-order valence-corrected chi connectivity index (χ0v) is 16.6. The molecule has 1 aliphatic heterocycles. The number of benzene rings is 2. The monoisotopic (exact) mass is 427 g/mol. The van der Waals surface area contributed by atoms with Crippen molar-refractivity contribution in [3.63, 3.8) is 0 Å². The summed E-state index contributed by atoms with van der Waals surface area (Å²) in [5, 5.41) is 2.65. The number of carbonyl (C=O) groups excluding carboxylic acids is 1. The third kappa shape index (κ3) is 5.51. The van der Waals surface area contributed by atoms with Gasteiger partial charge in [-0.1, -0.05) is 12.1 Å². The highest BCUT2D eigenvalue weighted by atomic mass is 35.5. The number of nitrogens with one attached hydrogen (secondary N) is 2. The van der Waals surface area contributed by atoms with Gasteiger partial charge in [0.1, 0.15) is 0 Å². The van der Waals surface area contributed by atoms with Crippen LogP contribution >= 0.6 is 12.4 Å². The summed E-state index contributed by atoms with van der Waals surface area (Å²) in [6.07, 6.45) is 0.703. The van der Waals surface area contributed by atoms with E-state index in [1.54, 1.807) is 30.3 Å². The van der Waals surface area contributed by atoms with Crippen molar-refractivity contribution in [2.75, 3.05) is 30.8 Å². The van der Waals surface area contributed by atoms with Crippen molar-refractivity contribution in [3.8, 4) is 11.5 Å². The number of amides is 1. The zero-order valence-electron chi connectivity index (χ0n) is 15.0. The topological polar surface area (TPSA) is 120 Å². The zero-order chi connectivity index (χ0) is 19.3. The van der Waals surface area contributed by atoms with Crippen LogP contribution in [0, 0.1) is 0 Å². The van der Waals surface area contributed by atoms with Crippen LogP contribution in [0.25, 0.3) is 0 Å². The van der Waals surface area contributed by atoms with Crippen LogP contribution in [0.1, 0.15) is 12.8 Å². The molecule has 0 saturated heterocycles. The molecule has 0 bridgehead atoms. The molecule has 2 aromatic rings. The Balaban J connectivity index is 0.00000280. The van der Waals surface area contributed by atoms with E-state index in [0.717, 1.165) is 6.42 Å². The third-order valence-corrected chi connectivity index (χ3v) is 5.37. The SMILES string of the molecule is Cl.Nc1ccccc1NC(=O)CCNS(=O)(=O)c1ccc2c(c1)OCCCO2. The average molecular weight is 428 g/mol. The van der Waals surface area contributed by atoms with Crippen LogP contribution in [0.3, 0.4) is 0 Å². The number of para-hydroxylation sites is 2. The molecule has 0 radical (unpaired) electrons. The second-order valence-corrected chi connectivity index (χ2v) is 7.71. The van der Waals surface area contributed by atoms with Gasteiger partial charge in [-0.25, -0.2) is 13.1 Å². The van der Waals surface area contributed by atoms with E-state index < -0.39 is 10.0 Å². The molecule has 1 heterocycles. The van der Waals surface area contributed by atoms with Crippen LogP contribution in [0.2, 0.25) is 0 Å². The van der Waals surface area contributed by atoms with Crippen LogP contribution in [0.15, 0.2) is 47.4 Å². The van der Waals surface area contributed by atoms with Gasteiger partial charge in [-0.05, 0) is 24.3 Å². The number of carbonyl (C=O) groups is 1. The van der Waals surface area contributed by atoms with Gasteiger partial charge in [-0.3, -0.25) is 4.79 Å². The number of hydrogen-bond donors (Lipinski definition) is 3. The van der Waals surface area contributed by atoms with Gasteiger partial charge in [0.2, 0.25) is 15.9 Å². The maximum atomic E-state index is 12.4. The van der Waals surface area contributed by atoms with E-state index in [-0.39, 0.29) is 36.2 Å². The van der Waals surface area contributed by atoms with Crippen LogP contribution < -0.4 is 25.2 Å². The molecule has 8 nitrogen and oxygen atoms in total. The summed E-state index contributed by atoms with van der Waals surface area (Å²) >= 11 is 0. The van der Waals surface area contributed by atoms with Crippen LogP contribution in [0.5, 0.6) is 11.5 Å². The normalized spacial score (nSPS) is 13.1. The molecule has 0 saturated carbocycles. The van der Waals surface area contributed by atoms with E-state index in [4.69, 9.17) is 15.2 Å². The largest absolute Gasteiger partial charge is 0.490 e. The molecule has 0 atom stereocenters. The van der Waals surface area contributed by atoms with Gasteiger partial charge >= 0.3 is 0 Å². The van der Waals surface area contributed by atoms with Crippen LogP contribution in [-0.2, 0) is 14.8 Å². The number of hydrogen-bond acceptors (Lipinski definition) is 6. The van der Waals surface area contributed by atoms with Gasteiger partial charge in [0, 0.05) is 25.5 Å². The fourth-order valence-electron chi connectivity index (χ4n) is 2.52. The summed E-state index contributed by atoms with van der Waals surface area (Å²) in [4.78, 5) is 12.0. The molecule has 0 spiro atoms. The summed E-state index contributed by atoms with van der Waals surface area (Å²) in [7, 11) is -3.77. The number of rotatable bonds is 6. The Bertz CT molecular complexity index is 937. The molecule has 0 aromatic heterocycles. The summed E-state index contributed by atoms with van der Waals surface area (Å²) in [6, 6.07) is 11.3. The van der Waals surface area contributed by atoms with Crippen molar-refractivity contribution in [1.82, 2.24) is 4.72 Å². The fourth-order valence-corrected chi connectivity index (χ4v) is 3.56. The highest BCUT2D eigenvalue weighted by Gasteiger charge is 2.19. The summed E-state index contributed by atoms with van der Waals surface area (Å²) in [5.41, 5.74) is 6.70. The lowest BCUT2D eigenvalue weighted by Gasteiger charge is -2.11. The van der Waals surface area contributed by atoms with Crippen molar-refractivity contribution in [3.05, 3.63) is 42.5 Å². The van der Waals surface area contributed by atoms with Crippen molar-refractivity contribution < 1.29 is 22.7 Å². The Kier molecular flexibility index (Phi) is 7.50. The molecule has 1 amide bonds. The summed E-state index contributed by atoms with van der Waals surface area (Å²) in [5.74, 6) is 0.577. The number of fused-ring (bicyclic) bond motifs is 1. The van der Waals surface area contributed by atoms with Gasteiger partial charge in [-0.2, -0.15) is 0 Å². The first kappa shape index (κ1) is 21.8. The molecular weight excluding hydrogens is 406 g/mol. The Labute approximate surface area is 169 Å². The molecule has 0 unspecified atom stereocenters. The number of anilines is 2. The summed E-state index contributed by atoms with van der Waals surface area (Å²) in [6.45, 7) is 0.945. The molecule has 152 valence electrons. The fraction of sp³-hybridized carbons (Fsp3) is 0.278. The Morgan fingerprint density at radius 3 is 2.54 bits per heavy atom. The maximum absolute atomic E-state index is 12.4. The minimum absolute atomic E-state index is 0. The van der Waals surface area contributed by atoms with Crippen molar-refractivity contribution in [1.29, 1.82) is 0 Å². The van der Waals surface area contributed by atoms with E-state index in [9.17, 15) is 13.2 Å². The molecule has 28 heavy (non-hydrogen) atoms. The smallest absolute Gasteiger partial charge is 0.240 e. The predicted octanol–water partition coefficient (Wildman–Crippen LogP) is 2.16. The third-order valence-electron chi connectivity index (χ3n) is 3.91. The van der Waals surface area contributed by atoms with Crippen molar-refractivity contribution in [2.24, 2.45) is 0 Å². The Morgan fingerprint density at radius 1 is 1.07 bits per heavy atom. The lowest BCUT2D eigenvalue weighted by Crippen LogP contribution is -2.28. The molecule has 0 fully saturated rings. The van der Waals surface area contributed by atoms with Gasteiger partial charge in [0.05, 0.1) is 29.5 Å². The van der Waals surface area contributed by atoms with Crippen molar-refractivity contribution >= 4 is 39.7 Å². The standard InChI is InChI=1S/C18H21N3O5S.ClH/c19-14-4-1-2-5-15(14)21-18(22)8-9-20-27(23,24)13-6-7-16-17(12-13)26-11-3-10-25-16;/h1-2,4-7,12,20H,3,8-11,19H2,(H,21,22);1H. The summed E-state index contributed by atoms with van der Waals surface area (Å²) < 4.78 is 38.3. The molecule has 2 aromatic carbocycles. The number of nitrogen functional groups attached to an aromatic ring is 1. The molecule has 4 N–H and O–H groups in total. The van der Waals surface area contributed by atoms with Gasteiger partial charge < -0.3 is 20.5 Å². The first-order chi connectivity index (χ1) is 13.0. The van der Waals surface area contributed by atoms with E-state index in [2.05, 4.69) is 10.0 Å². The van der Waals surface area contributed by atoms with Crippen LogP contribution in [0.4, 0.5) is 11.4 Å². The van der Waals surface area contributed by atoms with E-state index in [1.165, 1.54) is 12.1 Å². The van der Waals surface area contributed by atoms with Gasteiger partial charge in [0.15, 0.2) is 11.5 Å². The predicted molar refractivity (Wildman–Crippen MR) is 109 cm³/mol. The van der Waals surface area contributed by atoms with Crippen molar-refractivity contribution in [2.45, 2.75) is 17.7 Å². The van der Waals surface area contributed by atoms with Crippen LogP contribution in [-0.4, -0.2) is 34.1 Å². The molecular formula is C18H22ClN3O5S. The van der Waals surface area contributed by atoms with E-state index in [1.807, 2.05) is 0 Å². The lowest BCUT2D eigenvalue weighted by atomic mass is 10.2. The Morgan fingerprint density at radius 2 is 1.79 bits per heavy atom. The molecule has 10 heteroatoms. The number of halogens is 1. The second kappa shape index (κ2) is 9.63. The highest BCUT2D eigenvalue weighted by molar-refractivity contribution is 7.89. The number of nitrogens with two attached hydrogens (primary N) is 1. The number of ether oxygens (including phenoxy) is 2. The average Bonchev–Trinajstić information content (AvgIpc) is 2.88. The van der Waals surface area contributed by atoms with E-state index >= 15 is 0 Å².